The monoisotopic (exact) mass is 277 g/mol. The Bertz CT molecular complexity index is 515. The minimum absolute atomic E-state index is 0.0150. The van der Waals surface area contributed by atoms with Crippen molar-refractivity contribution in [3.05, 3.63) is 24.3 Å². The lowest BCUT2D eigenvalue weighted by Gasteiger charge is -2.11. The number of amides is 1. The molecule has 0 atom stereocenters. The van der Waals surface area contributed by atoms with Gasteiger partial charge >= 0.3 is 16.3 Å². The molecule has 1 aromatic heterocycles. The predicted molar refractivity (Wildman–Crippen MR) is 61.5 cm³/mol. The molecule has 0 spiro atoms. The topological polar surface area (TPSA) is 97.4 Å². The van der Waals surface area contributed by atoms with Crippen molar-refractivity contribution in [1.82, 2.24) is 9.71 Å². The van der Waals surface area contributed by atoms with Crippen molar-refractivity contribution in [3.8, 4) is 0 Å². The molecule has 9 heteroatoms. The zero-order chi connectivity index (χ0) is 13.8. The molecule has 1 aromatic rings. The molecule has 1 heterocycles. The Kier molecular flexibility index (Phi) is 4.43. The molecule has 18 heavy (non-hydrogen) atoms. The fourth-order valence-electron chi connectivity index (χ4n) is 0.965. The van der Waals surface area contributed by atoms with Gasteiger partial charge in [0, 0.05) is 0 Å². The van der Waals surface area contributed by atoms with E-state index < -0.39 is 28.4 Å². The van der Waals surface area contributed by atoms with Gasteiger partial charge in [0.2, 0.25) is 5.95 Å². The molecule has 1 rings (SSSR count). The van der Waals surface area contributed by atoms with Crippen LogP contribution in [0.15, 0.2) is 18.3 Å². The van der Waals surface area contributed by atoms with E-state index in [1.165, 1.54) is 0 Å². The second-order valence-electron chi connectivity index (χ2n) is 3.53. The van der Waals surface area contributed by atoms with Crippen LogP contribution in [0.4, 0.5) is 14.9 Å². The first-order valence-corrected chi connectivity index (χ1v) is 6.39. The molecule has 2 N–H and O–H groups in total. The van der Waals surface area contributed by atoms with Gasteiger partial charge in [-0.1, -0.05) is 0 Å². The van der Waals surface area contributed by atoms with E-state index in [-0.39, 0.29) is 5.69 Å². The summed E-state index contributed by atoms with van der Waals surface area (Å²) in [4.78, 5) is 14.3. The number of carbonyl (C=O) groups excluding carboxylic acids is 1. The van der Waals surface area contributed by atoms with Crippen LogP contribution in [0.5, 0.6) is 0 Å². The van der Waals surface area contributed by atoms with Gasteiger partial charge in [0.25, 0.3) is 0 Å². The Hall–Kier alpha value is -1.90. The molecule has 0 aromatic carbocycles. The van der Waals surface area contributed by atoms with Gasteiger partial charge in [0.05, 0.1) is 18.0 Å². The highest BCUT2D eigenvalue weighted by Gasteiger charge is 2.16. The first-order valence-electron chi connectivity index (χ1n) is 4.91. The normalized spacial score (nSPS) is 11.1. The number of hydrogen-bond donors (Lipinski definition) is 2. The summed E-state index contributed by atoms with van der Waals surface area (Å²) in [6, 6.07) is 2.14. The summed E-state index contributed by atoms with van der Waals surface area (Å²) in [5.41, 5.74) is 0.0150. The Morgan fingerprint density at radius 1 is 1.44 bits per heavy atom. The van der Waals surface area contributed by atoms with Gasteiger partial charge in [-0.2, -0.15) is 12.8 Å². The molecule has 1 amide bonds. The van der Waals surface area contributed by atoms with Crippen LogP contribution >= 0.6 is 0 Å². The summed E-state index contributed by atoms with van der Waals surface area (Å²) in [5.74, 6) is -0.745. The summed E-state index contributed by atoms with van der Waals surface area (Å²) >= 11 is 0. The highest BCUT2D eigenvalue weighted by Crippen LogP contribution is 2.06. The number of carbonyl (C=O) groups is 1. The lowest BCUT2D eigenvalue weighted by Crippen LogP contribution is -2.36. The van der Waals surface area contributed by atoms with Gasteiger partial charge < -0.3 is 4.74 Å². The number of hydrogen-bond acceptors (Lipinski definition) is 5. The standard InChI is InChI=1S/C9H12FN3O4S/c1-6(2)17-9(14)13-18(15,16)12-7-3-4-8(10)11-5-7/h3-6,12H,1-2H3,(H,13,14). The maximum Gasteiger partial charge on any atom is 0.422 e. The van der Waals surface area contributed by atoms with Gasteiger partial charge in [0.1, 0.15) is 0 Å². The molecule has 0 saturated carbocycles. The number of rotatable bonds is 4. The van der Waals surface area contributed by atoms with E-state index in [4.69, 9.17) is 0 Å². The van der Waals surface area contributed by atoms with E-state index in [1.807, 2.05) is 4.72 Å². The average molecular weight is 277 g/mol. The Balaban J connectivity index is 2.65. The van der Waals surface area contributed by atoms with Crippen LogP contribution in [0, 0.1) is 5.95 Å². The third-order valence-electron chi connectivity index (χ3n) is 1.54. The van der Waals surface area contributed by atoms with Crippen LogP contribution in [0.2, 0.25) is 0 Å². The van der Waals surface area contributed by atoms with Crippen molar-refractivity contribution in [3.63, 3.8) is 0 Å². The SMILES string of the molecule is CC(C)OC(=O)NS(=O)(=O)Nc1ccc(F)nc1. The molecule has 0 unspecified atom stereocenters. The van der Waals surface area contributed by atoms with E-state index in [9.17, 15) is 17.6 Å². The molecule has 0 radical (unpaired) electrons. The fourth-order valence-corrected chi connectivity index (χ4v) is 1.71. The highest BCUT2D eigenvalue weighted by atomic mass is 32.2. The lowest BCUT2D eigenvalue weighted by atomic mass is 10.4. The largest absolute Gasteiger partial charge is 0.446 e. The van der Waals surface area contributed by atoms with Crippen molar-refractivity contribution in [2.75, 3.05) is 4.72 Å². The van der Waals surface area contributed by atoms with Gasteiger partial charge in [-0.15, -0.1) is 0 Å². The number of anilines is 1. The number of halogens is 1. The van der Waals surface area contributed by atoms with Crippen molar-refractivity contribution < 1.29 is 22.3 Å². The first-order chi connectivity index (χ1) is 8.28. The van der Waals surface area contributed by atoms with E-state index in [0.29, 0.717) is 0 Å². The number of nitrogens with one attached hydrogen (secondary N) is 2. The third kappa shape index (κ3) is 4.95. The van der Waals surface area contributed by atoms with Gasteiger partial charge in [0.15, 0.2) is 0 Å². The number of pyridine rings is 1. The minimum Gasteiger partial charge on any atom is -0.446 e. The smallest absolute Gasteiger partial charge is 0.422 e. The molecule has 7 nitrogen and oxygen atoms in total. The molecule has 0 aliphatic heterocycles. The Labute approximate surface area is 104 Å². The predicted octanol–water partition coefficient (Wildman–Crippen LogP) is 1.01. The summed E-state index contributed by atoms with van der Waals surface area (Å²) in [7, 11) is -4.13. The summed E-state index contributed by atoms with van der Waals surface area (Å²) in [6.45, 7) is 3.15. The van der Waals surface area contributed by atoms with Crippen LogP contribution in [0.25, 0.3) is 0 Å². The zero-order valence-corrected chi connectivity index (χ0v) is 10.5. The molecular formula is C9H12FN3O4S. The maximum absolute atomic E-state index is 12.5. The van der Waals surface area contributed by atoms with Crippen LogP contribution in [-0.2, 0) is 14.9 Å². The number of aromatic nitrogens is 1. The zero-order valence-electron chi connectivity index (χ0n) is 9.68. The van der Waals surface area contributed by atoms with Crippen LogP contribution in [-0.4, -0.2) is 25.6 Å². The molecule has 0 aliphatic rings. The van der Waals surface area contributed by atoms with Gasteiger partial charge in [-0.3, -0.25) is 4.72 Å². The van der Waals surface area contributed by atoms with E-state index >= 15 is 0 Å². The molecule has 0 saturated heterocycles. The van der Waals surface area contributed by atoms with Gasteiger partial charge in [-0.05, 0) is 26.0 Å². The van der Waals surface area contributed by atoms with Crippen molar-refractivity contribution in [1.29, 1.82) is 0 Å². The van der Waals surface area contributed by atoms with Crippen LogP contribution in [0.1, 0.15) is 13.8 Å². The van der Waals surface area contributed by atoms with Crippen molar-refractivity contribution in [2.24, 2.45) is 0 Å². The average Bonchev–Trinajstić information content (AvgIpc) is 2.18. The second-order valence-corrected chi connectivity index (χ2v) is 4.95. The van der Waals surface area contributed by atoms with Gasteiger partial charge in [-0.25, -0.2) is 14.5 Å². The quantitative estimate of drug-likeness (QED) is 0.800. The third-order valence-corrected chi connectivity index (χ3v) is 2.48. The van der Waals surface area contributed by atoms with E-state index in [0.717, 1.165) is 18.3 Å². The Morgan fingerprint density at radius 2 is 2.11 bits per heavy atom. The highest BCUT2D eigenvalue weighted by molar-refractivity contribution is 7.91. The minimum atomic E-state index is -4.13. The molecular weight excluding hydrogens is 265 g/mol. The fraction of sp³-hybridized carbons (Fsp3) is 0.333. The number of ether oxygens (including phenoxy) is 1. The van der Waals surface area contributed by atoms with Crippen LogP contribution in [0.3, 0.4) is 0 Å². The molecule has 0 fully saturated rings. The summed E-state index contributed by atoms with van der Waals surface area (Å²) < 4.78 is 43.6. The van der Waals surface area contributed by atoms with Crippen molar-refractivity contribution in [2.45, 2.75) is 20.0 Å². The maximum atomic E-state index is 12.5. The summed E-state index contributed by atoms with van der Waals surface area (Å²) in [5, 5.41) is 0. The first kappa shape index (κ1) is 14.2. The molecule has 0 aliphatic carbocycles. The lowest BCUT2D eigenvalue weighted by molar-refractivity contribution is 0.121. The van der Waals surface area contributed by atoms with Crippen LogP contribution < -0.4 is 9.44 Å². The summed E-state index contributed by atoms with van der Waals surface area (Å²) in [6.07, 6.45) is -0.581. The van der Waals surface area contributed by atoms with E-state index in [1.54, 1.807) is 18.6 Å². The van der Waals surface area contributed by atoms with E-state index in [2.05, 4.69) is 9.72 Å². The Morgan fingerprint density at radius 3 is 2.61 bits per heavy atom. The number of nitrogens with zero attached hydrogens (tertiary/aromatic N) is 1. The van der Waals surface area contributed by atoms with Crippen molar-refractivity contribution >= 4 is 22.0 Å². The molecule has 0 bridgehead atoms. The second kappa shape index (κ2) is 5.63. The molecule has 100 valence electrons.